The van der Waals surface area contributed by atoms with Crippen molar-refractivity contribution in [3.05, 3.63) is 35.9 Å². The SMILES string of the molecule is CCOC(=O)[C@H](CCc1ccccc1)N[C@@H](C)C(=O)N1[C@H](C(=O)O)CC2CCCC[C@@H]21. The molecule has 5 atom stereocenters. The van der Waals surface area contributed by atoms with Gasteiger partial charge >= 0.3 is 11.9 Å². The Balaban J connectivity index is 1.70. The Kier molecular flexibility index (Phi) is 8.07. The van der Waals surface area contributed by atoms with E-state index >= 15 is 0 Å². The van der Waals surface area contributed by atoms with Gasteiger partial charge in [-0.2, -0.15) is 0 Å². The summed E-state index contributed by atoms with van der Waals surface area (Å²) in [5, 5.41) is 12.9. The van der Waals surface area contributed by atoms with Crippen molar-refractivity contribution in [2.75, 3.05) is 6.61 Å². The Morgan fingerprint density at radius 2 is 1.90 bits per heavy atom. The molecule has 0 aromatic heterocycles. The summed E-state index contributed by atoms with van der Waals surface area (Å²) in [6.07, 6.45) is 5.62. The van der Waals surface area contributed by atoms with Gasteiger partial charge in [0.2, 0.25) is 5.91 Å². The molecule has 1 aromatic carbocycles. The molecular formula is C24H34N2O5. The van der Waals surface area contributed by atoms with Crippen LogP contribution in [0.15, 0.2) is 30.3 Å². The summed E-state index contributed by atoms with van der Waals surface area (Å²) >= 11 is 0. The quantitative estimate of drug-likeness (QED) is 0.585. The standard InChI is InChI=1S/C24H34N2O5/c1-3-31-24(30)19(14-13-17-9-5-4-6-10-17)25-16(2)22(27)26-20-12-8-7-11-18(20)15-21(26)23(28)29/h4-6,9-10,16,18-21,25H,3,7-8,11-15H2,1-2H3,(H,28,29)/t16-,18?,19-,20-,21-/m0/s1. The molecule has 0 bridgehead atoms. The number of aliphatic carboxylic acids is 1. The molecule has 1 heterocycles. The molecule has 1 aromatic rings. The third-order valence-electron chi connectivity index (χ3n) is 6.58. The average Bonchev–Trinajstić information content (AvgIpc) is 3.16. The van der Waals surface area contributed by atoms with Gasteiger partial charge in [-0.3, -0.25) is 14.9 Å². The predicted molar refractivity (Wildman–Crippen MR) is 116 cm³/mol. The molecule has 2 aliphatic rings. The minimum atomic E-state index is -0.944. The number of carboxylic acids is 1. The van der Waals surface area contributed by atoms with E-state index in [1.807, 2.05) is 30.3 Å². The molecule has 2 fully saturated rings. The van der Waals surface area contributed by atoms with Gasteiger partial charge in [0.05, 0.1) is 12.6 Å². The number of hydrogen-bond acceptors (Lipinski definition) is 5. The van der Waals surface area contributed by atoms with Crippen molar-refractivity contribution in [3.8, 4) is 0 Å². The van der Waals surface area contributed by atoms with E-state index < -0.39 is 24.1 Å². The van der Waals surface area contributed by atoms with Crippen LogP contribution in [-0.2, 0) is 25.5 Å². The second-order valence-electron chi connectivity index (χ2n) is 8.66. The van der Waals surface area contributed by atoms with Crippen molar-refractivity contribution >= 4 is 17.8 Å². The lowest BCUT2D eigenvalue weighted by atomic mass is 9.84. The van der Waals surface area contributed by atoms with Gasteiger partial charge in [0.25, 0.3) is 0 Å². The van der Waals surface area contributed by atoms with Crippen LogP contribution in [0.25, 0.3) is 0 Å². The van der Waals surface area contributed by atoms with Crippen molar-refractivity contribution in [2.45, 2.75) is 83.0 Å². The van der Waals surface area contributed by atoms with Crippen LogP contribution < -0.4 is 5.32 Å². The van der Waals surface area contributed by atoms with Crippen LogP contribution in [0.1, 0.15) is 57.9 Å². The van der Waals surface area contributed by atoms with Crippen molar-refractivity contribution in [1.29, 1.82) is 0 Å². The van der Waals surface area contributed by atoms with Gasteiger partial charge in [-0.15, -0.1) is 0 Å². The molecule has 7 nitrogen and oxygen atoms in total. The fourth-order valence-corrected chi connectivity index (χ4v) is 5.06. The molecule has 1 unspecified atom stereocenters. The highest BCUT2D eigenvalue weighted by Gasteiger charge is 2.48. The smallest absolute Gasteiger partial charge is 0.326 e. The minimum absolute atomic E-state index is 0.0167. The predicted octanol–water partition coefficient (Wildman–Crippen LogP) is 2.77. The number of amides is 1. The Hall–Kier alpha value is -2.41. The van der Waals surface area contributed by atoms with Gasteiger partial charge in [-0.1, -0.05) is 43.2 Å². The summed E-state index contributed by atoms with van der Waals surface area (Å²) in [5.74, 6) is -1.31. The molecule has 1 saturated heterocycles. The molecular weight excluding hydrogens is 396 g/mol. The van der Waals surface area contributed by atoms with Crippen LogP contribution in [-0.4, -0.2) is 58.6 Å². The van der Waals surface area contributed by atoms with Gasteiger partial charge in [-0.05, 0) is 57.4 Å². The molecule has 1 aliphatic carbocycles. The topological polar surface area (TPSA) is 95.9 Å². The van der Waals surface area contributed by atoms with E-state index in [0.29, 0.717) is 19.3 Å². The lowest BCUT2D eigenvalue weighted by Crippen LogP contribution is -2.55. The molecule has 1 aliphatic heterocycles. The maximum Gasteiger partial charge on any atom is 0.326 e. The molecule has 31 heavy (non-hydrogen) atoms. The normalized spacial score (nSPS) is 24.8. The van der Waals surface area contributed by atoms with Crippen LogP contribution in [0, 0.1) is 5.92 Å². The molecule has 2 N–H and O–H groups in total. The first kappa shape index (κ1) is 23.3. The number of fused-ring (bicyclic) bond motifs is 1. The highest BCUT2D eigenvalue weighted by atomic mass is 16.5. The van der Waals surface area contributed by atoms with Crippen LogP contribution in [0.5, 0.6) is 0 Å². The van der Waals surface area contributed by atoms with Crippen molar-refractivity contribution in [3.63, 3.8) is 0 Å². The van der Waals surface area contributed by atoms with Crippen molar-refractivity contribution in [2.24, 2.45) is 5.92 Å². The number of aryl methyl sites for hydroxylation is 1. The number of hydrogen-bond donors (Lipinski definition) is 2. The van der Waals surface area contributed by atoms with Gasteiger partial charge in [-0.25, -0.2) is 4.79 Å². The Morgan fingerprint density at radius 3 is 2.58 bits per heavy atom. The van der Waals surface area contributed by atoms with Gasteiger partial charge in [0.15, 0.2) is 0 Å². The molecule has 0 spiro atoms. The molecule has 0 radical (unpaired) electrons. The first-order valence-electron chi connectivity index (χ1n) is 11.4. The molecule has 3 rings (SSSR count). The highest BCUT2D eigenvalue weighted by molar-refractivity contribution is 5.88. The summed E-state index contributed by atoms with van der Waals surface area (Å²) in [6, 6.07) is 7.75. The van der Waals surface area contributed by atoms with Gasteiger partial charge < -0.3 is 14.7 Å². The van der Waals surface area contributed by atoms with Crippen LogP contribution in [0.2, 0.25) is 0 Å². The van der Waals surface area contributed by atoms with E-state index in [0.717, 1.165) is 31.2 Å². The maximum atomic E-state index is 13.4. The van der Waals surface area contributed by atoms with Crippen molar-refractivity contribution in [1.82, 2.24) is 10.2 Å². The maximum absolute atomic E-state index is 13.4. The number of rotatable bonds is 9. The second-order valence-corrected chi connectivity index (χ2v) is 8.66. The number of benzene rings is 1. The molecule has 1 saturated carbocycles. The first-order valence-corrected chi connectivity index (χ1v) is 11.4. The minimum Gasteiger partial charge on any atom is -0.480 e. The summed E-state index contributed by atoms with van der Waals surface area (Å²) in [6.45, 7) is 3.74. The van der Waals surface area contributed by atoms with Crippen LogP contribution >= 0.6 is 0 Å². The largest absolute Gasteiger partial charge is 0.480 e. The zero-order chi connectivity index (χ0) is 22.4. The number of esters is 1. The lowest BCUT2D eigenvalue weighted by molar-refractivity contribution is -0.152. The first-order chi connectivity index (χ1) is 14.9. The van der Waals surface area contributed by atoms with E-state index in [-0.39, 0.29) is 30.4 Å². The third kappa shape index (κ3) is 5.64. The third-order valence-corrected chi connectivity index (χ3v) is 6.58. The number of carbonyl (C=O) groups is 3. The van der Waals surface area contributed by atoms with Gasteiger partial charge in [0, 0.05) is 6.04 Å². The molecule has 1 amide bonds. The lowest BCUT2D eigenvalue weighted by Gasteiger charge is -2.35. The molecule has 7 heteroatoms. The van der Waals surface area contributed by atoms with Crippen LogP contribution in [0.4, 0.5) is 0 Å². The van der Waals surface area contributed by atoms with Crippen molar-refractivity contribution < 1.29 is 24.2 Å². The Bertz CT molecular complexity index is 768. The number of carbonyl (C=O) groups excluding carboxylic acids is 2. The summed E-state index contributed by atoms with van der Waals surface area (Å²) < 4.78 is 5.22. The Morgan fingerprint density at radius 1 is 1.19 bits per heavy atom. The molecule has 170 valence electrons. The zero-order valence-corrected chi connectivity index (χ0v) is 18.5. The van der Waals surface area contributed by atoms with Crippen LogP contribution in [0.3, 0.4) is 0 Å². The fraction of sp³-hybridized carbons (Fsp3) is 0.625. The average molecular weight is 431 g/mol. The van der Waals surface area contributed by atoms with E-state index in [9.17, 15) is 19.5 Å². The number of nitrogens with zero attached hydrogens (tertiary/aromatic N) is 1. The summed E-state index contributed by atoms with van der Waals surface area (Å²) in [7, 11) is 0. The monoisotopic (exact) mass is 430 g/mol. The van der Waals surface area contributed by atoms with Gasteiger partial charge in [0.1, 0.15) is 12.1 Å². The van der Waals surface area contributed by atoms with E-state index in [4.69, 9.17) is 4.74 Å². The van der Waals surface area contributed by atoms with E-state index in [1.54, 1.807) is 18.7 Å². The zero-order valence-electron chi connectivity index (χ0n) is 18.5. The highest BCUT2D eigenvalue weighted by Crippen LogP contribution is 2.40. The summed E-state index contributed by atoms with van der Waals surface area (Å²) in [5.41, 5.74) is 1.10. The number of carboxylic acid groups (broad SMARTS) is 1. The summed E-state index contributed by atoms with van der Waals surface area (Å²) in [4.78, 5) is 39.3. The Labute approximate surface area is 184 Å². The fourth-order valence-electron chi connectivity index (χ4n) is 5.06. The number of nitrogens with one attached hydrogen (secondary N) is 1. The van der Waals surface area contributed by atoms with E-state index in [1.165, 1.54) is 0 Å². The second kappa shape index (κ2) is 10.8. The number of ether oxygens (including phenoxy) is 1. The van der Waals surface area contributed by atoms with E-state index in [2.05, 4.69) is 5.32 Å². The number of likely N-dealkylation sites (tertiary alicyclic amines) is 1.